The summed E-state index contributed by atoms with van der Waals surface area (Å²) in [4.78, 5) is 27.6. The van der Waals surface area contributed by atoms with E-state index in [0.717, 1.165) is 11.1 Å². The fourth-order valence-electron chi connectivity index (χ4n) is 4.50. The van der Waals surface area contributed by atoms with Gasteiger partial charge >= 0.3 is 0 Å². The van der Waals surface area contributed by atoms with E-state index in [2.05, 4.69) is 0 Å². The van der Waals surface area contributed by atoms with Crippen LogP contribution in [-0.4, -0.2) is 26.8 Å². The fourth-order valence-corrected chi connectivity index (χ4v) is 4.50. The Hall–Kier alpha value is -4.78. The second-order valence-corrected chi connectivity index (χ2v) is 8.86. The summed E-state index contributed by atoms with van der Waals surface area (Å²) in [6.07, 6.45) is 1.49. The number of aromatic hydroxyl groups is 1. The molecule has 0 spiro atoms. The summed E-state index contributed by atoms with van der Waals surface area (Å²) in [5.74, 6) is -0.750. The molecule has 1 fully saturated rings. The van der Waals surface area contributed by atoms with Gasteiger partial charge in [-0.2, -0.15) is 0 Å². The van der Waals surface area contributed by atoms with Crippen LogP contribution in [0.3, 0.4) is 0 Å². The monoisotopic (exact) mass is 495 g/mol. The van der Waals surface area contributed by atoms with E-state index >= 15 is 0 Å². The Kier molecular flexibility index (Phi) is 6.51. The van der Waals surface area contributed by atoms with Crippen molar-refractivity contribution in [3.05, 3.63) is 125 Å². The second-order valence-electron chi connectivity index (χ2n) is 8.86. The summed E-state index contributed by atoms with van der Waals surface area (Å²) in [6.45, 7) is 2.27. The van der Waals surface area contributed by atoms with Crippen LogP contribution >= 0.6 is 0 Å². The summed E-state index contributed by atoms with van der Waals surface area (Å²) < 4.78 is 11.3. The number of hydrogen-bond donors (Lipinski definition) is 2. The normalized spacial score (nSPS) is 16.8. The molecule has 7 nitrogen and oxygen atoms in total. The molecule has 0 radical (unpaired) electrons. The molecule has 3 aromatic carbocycles. The second kappa shape index (κ2) is 10.1. The Morgan fingerprint density at radius 3 is 2.49 bits per heavy atom. The summed E-state index contributed by atoms with van der Waals surface area (Å²) >= 11 is 0. The molecule has 37 heavy (non-hydrogen) atoms. The molecule has 1 aromatic heterocycles. The van der Waals surface area contributed by atoms with Gasteiger partial charge in [-0.25, -0.2) is 0 Å². The molecule has 0 aliphatic carbocycles. The molecule has 7 heteroatoms. The van der Waals surface area contributed by atoms with Crippen molar-refractivity contribution in [2.75, 3.05) is 0 Å². The maximum absolute atomic E-state index is 13.2. The van der Waals surface area contributed by atoms with Crippen molar-refractivity contribution in [1.82, 2.24) is 4.90 Å². The van der Waals surface area contributed by atoms with Crippen molar-refractivity contribution < 1.29 is 29.0 Å². The number of phenolic OH excluding ortho intramolecular Hbond substituents is 1. The average molecular weight is 496 g/mol. The lowest BCUT2D eigenvalue weighted by atomic mass is 9.94. The first-order valence-corrected chi connectivity index (χ1v) is 11.8. The molecule has 1 aliphatic rings. The van der Waals surface area contributed by atoms with Gasteiger partial charge < -0.3 is 24.3 Å². The van der Waals surface area contributed by atoms with Crippen molar-refractivity contribution in [3.8, 4) is 11.5 Å². The van der Waals surface area contributed by atoms with Gasteiger partial charge in [-0.15, -0.1) is 0 Å². The number of aliphatic hydroxyl groups excluding tert-OH is 1. The van der Waals surface area contributed by atoms with Crippen LogP contribution < -0.4 is 4.74 Å². The van der Waals surface area contributed by atoms with Crippen molar-refractivity contribution in [2.24, 2.45) is 0 Å². The highest BCUT2D eigenvalue weighted by Crippen LogP contribution is 2.41. The number of furan rings is 1. The van der Waals surface area contributed by atoms with Crippen LogP contribution in [0.15, 0.2) is 101 Å². The first-order valence-electron chi connectivity index (χ1n) is 11.8. The van der Waals surface area contributed by atoms with Gasteiger partial charge in [0.15, 0.2) is 0 Å². The number of amides is 1. The Bertz CT molecular complexity index is 1470. The van der Waals surface area contributed by atoms with Crippen molar-refractivity contribution >= 4 is 17.4 Å². The number of benzene rings is 3. The molecule has 1 saturated heterocycles. The third-order valence-electron chi connectivity index (χ3n) is 6.32. The lowest BCUT2D eigenvalue weighted by Crippen LogP contribution is -2.29. The number of phenols is 1. The molecule has 2 N–H and O–H groups in total. The number of ether oxygens (including phenoxy) is 1. The summed E-state index contributed by atoms with van der Waals surface area (Å²) in [6, 6.07) is 23.7. The number of rotatable bonds is 7. The maximum Gasteiger partial charge on any atom is 0.296 e. The van der Waals surface area contributed by atoms with Crippen LogP contribution in [0.2, 0.25) is 0 Å². The quantitative estimate of drug-likeness (QED) is 0.200. The van der Waals surface area contributed by atoms with Gasteiger partial charge in [-0.3, -0.25) is 9.59 Å². The van der Waals surface area contributed by atoms with Gasteiger partial charge in [0.05, 0.1) is 24.4 Å². The first-order chi connectivity index (χ1) is 17.9. The molecule has 5 rings (SSSR count). The van der Waals surface area contributed by atoms with Crippen LogP contribution in [0.25, 0.3) is 5.76 Å². The summed E-state index contributed by atoms with van der Waals surface area (Å²) in [7, 11) is 0. The molecule has 0 saturated carbocycles. The van der Waals surface area contributed by atoms with Gasteiger partial charge in [-0.1, -0.05) is 42.5 Å². The third-order valence-corrected chi connectivity index (χ3v) is 6.32. The van der Waals surface area contributed by atoms with E-state index < -0.39 is 17.7 Å². The van der Waals surface area contributed by atoms with E-state index in [4.69, 9.17) is 9.15 Å². The largest absolute Gasteiger partial charge is 0.508 e. The molecule has 4 aromatic rings. The van der Waals surface area contributed by atoms with Crippen LogP contribution in [0.5, 0.6) is 11.5 Å². The molecule has 186 valence electrons. The highest BCUT2D eigenvalue weighted by Gasteiger charge is 2.46. The van der Waals surface area contributed by atoms with E-state index in [1.54, 1.807) is 42.5 Å². The molecule has 1 atom stereocenters. The van der Waals surface area contributed by atoms with E-state index in [1.165, 1.54) is 23.3 Å². The Balaban J connectivity index is 1.52. The predicted molar refractivity (Wildman–Crippen MR) is 137 cm³/mol. The van der Waals surface area contributed by atoms with Crippen molar-refractivity contribution in [1.29, 1.82) is 0 Å². The average Bonchev–Trinajstić information content (AvgIpc) is 3.50. The zero-order valence-corrected chi connectivity index (χ0v) is 20.1. The van der Waals surface area contributed by atoms with Gasteiger partial charge in [-0.05, 0) is 66.1 Å². The summed E-state index contributed by atoms with van der Waals surface area (Å²) in [5, 5.41) is 21.4. The SMILES string of the molecule is Cc1cc(/C(O)=C2/C(=O)C(=O)N(Cc3ccco3)C2c2cccc(O)c2)ccc1OCc1ccccc1. The highest BCUT2D eigenvalue weighted by atomic mass is 16.5. The maximum atomic E-state index is 13.2. The molecule has 0 bridgehead atoms. The number of aryl methyl sites for hydroxylation is 1. The van der Waals surface area contributed by atoms with Crippen LogP contribution in [0, 0.1) is 6.92 Å². The molecule has 2 heterocycles. The smallest absolute Gasteiger partial charge is 0.296 e. The van der Waals surface area contributed by atoms with Crippen LogP contribution in [0.4, 0.5) is 0 Å². The van der Waals surface area contributed by atoms with E-state index in [0.29, 0.717) is 29.2 Å². The minimum atomic E-state index is -0.911. The van der Waals surface area contributed by atoms with E-state index in [1.807, 2.05) is 37.3 Å². The van der Waals surface area contributed by atoms with Gasteiger partial charge in [0, 0.05) is 5.56 Å². The zero-order valence-electron chi connectivity index (χ0n) is 20.1. The minimum absolute atomic E-state index is 0.0168. The van der Waals surface area contributed by atoms with Crippen LogP contribution in [-0.2, 0) is 22.7 Å². The van der Waals surface area contributed by atoms with E-state index in [-0.39, 0.29) is 23.6 Å². The van der Waals surface area contributed by atoms with Crippen molar-refractivity contribution in [2.45, 2.75) is 26.1 Å². The topological polar surface area (TPSA) is 100 Å². The Morgan fingerprint density at radius 2 is 1.78 bits per heavy atom. The number of likely N-dealkylation sites (tertiary alicyclic amines) is 1. The fraction of sp³-hybridized carbons (Fsp3) is 0.133. The molecular formula is C30H25NO6. The van der Waals surface area contributed by atoms with Crippen molar-refractivity contribution in [3.63, 3.8) is 0 Å². The molecular weight excluding hydrogens is 470 g/mol. The molecule has 1 aliphatic heterocycles. The Labute approximate surface area is 213 Å². The third kappa shape index (κ3) is 4.84. The zero-order chi connectivity index (χ0) is 25.9. The number of carbonyl (C=O) groups excluding carboxylic acids is 2. The lowest BCUT2D eigenvalue weighted by molar-refractivity contribution is -0.140. The molecule has 1 unspecified atom stereocenters. The number of hydrogen-bond acceptors (Lipinski definition) is 6. The van der Waals surface area contributed by atoms with Crippen LogP contribution in [0.1, 0.15) is 34.1 Å². The Morgan fingerprint density at radius 1 is 0.973 bits per heavy atom. The molecule has 1 amide bonds. The standard InChI is InChI=1S/C30H25NO6/c1-19-15-22(12-13-25(19)37-18-20-7-3-2-4-8-20)28(33)26-27(21-9-5-10-23(32)16-21)31(30(35)29(26)34)17-24-11-6-14-36-24/h2-16,27,32-33H,17-18H2,1H3/b28-26-. The minimum Gasteiger partial charge on any atom is -0.508 e. The number of nitrogens with zero attached hydrogens (tertiary/aromatic N) is 1. The lowest BCUT2D eigenvalue weighted by Gasteiger charge is -2.24. The van der Waals surface area contributed by atoms with Gasteiger partial charge in [0.1, 0.15) is 29.6 Å². The predicted octanol–water partition coefficient (Wildman–Crippen LogP) is 5.49. The highest BCUT2D eigenvalue weighted by molar-refractivity contribution is 6.46. The van der Waals surface area contributed by atoms with E-state index in [9.17, 15) is 19.8 Å². The summed E-state index contributed by atoms with van der Waals surface area (Å²) in [5.41, 5.74) is 2.60. The number of aliphatic hydroxyl groups is 1. The van der Waals surface area contributed by atoms with Gasteiger partial charge in [0.2, 0.25) is 0 Å². The number of Topliss-reactive ketones (excluding diaryl/α,β-unsaturated/α-hetero) is 1. The first kappa shape index (κ1) is 23.9. The van der Waals surface area contributed by atoms with Gasteiger partial charge in [0.25, 0.3) is 11.7 Å². The number of carbonyl (C=O) groups is 2. The number of ketones is 1.